The molecule has 0 radical (unpaired) electrons. The molecule has 0 fully saturated rings. The summed E-state index contributed by atoms with van der Waals surface area (Å²) in [4.78, 5) is 22.8. The van der Waals surface area contributed by atoms with E-state index in [2.05, 4.69) is 13.2 Å². The fourth-order valence-corrected chi connectivity index (χ4v) is 6.60. The van der Waals surface area contributed by atoms with Crippen molar-refractivity contribution in [2.45, 2.75) is 112 Å². The van der Waals surface area contributed by atoms with E-state index in [-0.39, 0.29) is 11.9 Å². The van der Waals surface area contributed by atoms with Gasteiger partial charge in [0, 0.05) is 11.1 Å². The largest absolute Gasteiger partial charge is 0.462 e. The number of aryl methyl sites for hydroxylation is 3. The van der Waals surface area contributed by atoms with Gasteiger partial charge in [-0.25, -0.2) is 9.59 Å². The van der Waals surface area contributed by atoms with Gasteiger partial charge in [-0.3, -0.25) is 4.57 Å². The lowest BCUT2D eigenvalue weighted by molar-refractivity contribution is -0.139. The summed E-state index contributed by atoms with van der Waals surface area (Å²) in [6, 6.07) is 4.06. The molecule has 1 aromatic carbocycles. The van der Waals surface area contributed by atoms with Crippen molar-refractivity contribution in [3.05, 3.63) is 53.1 Å². The van der Waals surface area contributed by atoms with Crippen LogP contribution in [-0.4, -0.2) is 38.4 Å². The van der Waals surface area contributed by atoms with E-state index in [4.69, 9.17) is 18.5 Å². The molecule has 0 aromatic heterocycles. The molecule has 0 saturated carbocycles. The van der Waals surface area contributed by atoms with Gasteiger partial charge in [-0.15, -0.1) is 0 Å². The van der Waals surface area contributed by atoms with E-state index in [1.54, 1.807) is 13.8 Å². The molecule has 1 rings (SSSR count). The molecule has 7 nitrogen and oxygen atoms in total. The van der Waals surface area contributed by atoms with Gasteiger partial charge in [-0.1, -0.05) is 82.2 Å². The Kier molecular flexibility index (Phi) is 18.5. The Morgan fingerprint density at radius 2 is 0.927 bits per heavy atom. The zero-order valence-electron chi connectivity index (χ0n) is 26.2. The van der Waals surface area contributed by atoms with Crippen molar-refractivity contribution in [3.63, 3.8) is 0 Å². The Morgan fingerprint density at radius 3 is 1.27 bits per heavy atom. The Morgan fingerprint density at radius 1 is 0.610 bits per heavy atom. The van der Waals surface area contributed by atoms with Crippen molar-refractivity contribution in [1.29, 1.82) is 0 Å². The number of ether oxygens (including phenoxy) is 2. The van der Waals surface area contributed by atoms with Gasteiger partial charge >= 0.3 is 19.5 Å². The Hall–Kier alpha value is -2.21. The second kappa shape index (κ2) is 20.6. The monoisotopic (exact) mass is 592 g/mol. The molecule has 0 spiro atoms. The summed E-state index contributed by atoms with van der Waals surface area (Å²) >= 11 is 0. The van der Waals surface area contributed by atoms with E-state index in [0.29, 0.717) is 42.9 Å². The molecule has 0 aliphatic heterocycles. The van der Waals surface area contributed by atoms with Gasteiger partial charge in [-0.05, 0) is 71.4 Å². The van der Waals surface area contributed by atoms with Gasteiger partial charge in [-0.2, -0.15) is 0 Å². The highest BCUT2D eigenvalue weighted by Crippen LogP contribution is 2.49. The minimum Gasteiger partial charge on any atom is -0.462 e. The first-order valence-electron chi connectivity index (χ1n) is 15.1. The molecular weight excluding hydrogens is 539 g/mol. The smallest absolute Gasteiger partial charge is 0.361 e. The second-order valence-corrected chi connectivity index (χ2v) is 12.9. The van der Waals surface area contributed by atoms with E-state index in [1.165, 1.54) is 0 Å². The molecule has 0 aliphatic rings. The summed E-state index contributed by atoms with van der Waals surface area (Å²) in [7, 11) is -3.45. The maximum Gasteiger partial charge on any atom is 0.361 e. The van der Waals surface area contributed by atoms with E-state index in [9.17, 15) is 14.2 Å². The van der Waals surface area contributed by atoms with Crippen LogP contribution >= 0.6 is 7.60 Å². The van der Waals surface area contributed by atoms with Crippen LogP contribution in [0.15, 0.2) is 36.4 Å². The van der Waals surface area contributed by atoms with E-state index in [1.807, 2.05) is 32.9 Å². The molecule has 232 valence electrons. The summed E-state index contributed by atoms with van der Waals surface area (Å²) in [5.41, 5.74) is 3.85. The van der Waals surface area contributed by atoms with Gasteiger partial charge in [0.15, 0.2) is 0 Å². The van der Waals surface area contributed by atoms with E-state index < -0.39 is 7.60 Å². The zero-order chi connectivity index (χ0) is 30.7. The van der Waals surface area contributed by atoms with Crippen LogP contribution in [0.25, 0.3) is 0 Å². The van der Waals surface area contributed by atoms with Crippen molar-refractivity contribution in [3.8, 4) is 0 Å². The van der Waals surface area contributed by atoms with Crippen LogP contribution in [0.5, 0.6) is 0 Å². The zero-order valence-corrected chi connectivity index (χ0v) is 27.1. The minimum absolute atomic E-state index is 0.330. The third kappa shape index (κ3) is 15.6. The highest BCUT2D eigenvalue weighted by atomic mass is 31.2. The van der Waals surface area contributed by atoms with Crippen LogP contribution in [-0.2, 0) is 32.7 Å². The molecule has 0 N–H and O–H groups in total. The predicted octanol–water partition coefficient (Wildman–Crippen LogP) is 8.38. The third-order valence-corrected chi connectivity index (χ3v) is 8.97. The van der Waals surface area contributed by atoms with Gasteiger partial charge in [0.05, 0.1) is 31.7 Å². The maximum atomic E-state index is 14.0. The molecule has 0 bridgehead atoms. The van der Waals surface area contributed by atoms with Crippen molar-refractivity contribution >= 4 is 24.8 Å². The van der Waals surface area contributed by atoms with Gasteiger partial charge in [0.1, 0.15) is 0 Å². The van der Waals surface area contributed by atoms with Crippen LogP contribution in [0.4, 0.5) is 0 Å². The van der Waals surface area contributed by atoms with Gasteiger partial charge in [0.2, 0.25) is 0 Å². The number of hydrogen-bond donors (Lipinski definition) is 0. The summed E-state index contributed by atoms with van der Waals surface area (Å²) in [6.45, 7) is 18.1. The number of benzene rings is 1. The lowest BCUT2D eigenvalue weighted by Crippen LogP contribution is -2.18. The quantitative estimate of drug-likeness (QED) is 0.0546. The molecule has 0 atom stereocenters. The lowest BCUT2D eigenvalue weighted by Gasteiger charge is -2.23. The first kappa shape index (κ1) is 36.8. The maximum absolute atomic E-state index is 14.0. The van der Waals surface area contributed by atoms with Crippen LogP contribution in [0, 0.1) is 20.8 Å². The number of carbonyl (C=O) groups excluding carboxylic acids is 2. The molecule has 1 aromatic rings. The van der Waals surface area contributed by atoms with E-state index >= 15 is 0 Å². The summed E-state index contributed by atoms with van der Waals surface area (Å²) in [5.74, 6) is -0.660. The summed E-state index contributed by atoms with van der Waals surface area (Å²) in [6.07, 6.45) is 11.4. The topological polar surface area (TPSA) is 88.1 Å². The van der Waals surface area contributed by atoms with Crippen molar-refractivity contribution in [2.75, 3.05) is 26.4 Å². The molecule has 0 aliphatic carbocycles. The fraction of sp³-hybridized carbons (Fsp3) is 0.636. The van der Waals surface area contributed by atoms with Crippen molar-refractivity contribution < 1.29 is 32.7 Å². The van der Waals surface area contributed by atoms with Crippen LogP contribution in [0.3, 0.4) is 0 Å². The SMILES string of the molecule is C=C(C)C(=O)OCCCCCCCCOP(=O)(OCCCCCCCCOC(=O)C(=C)C)c1c(C)cc(C)cc1C. The van der Waals surface area contributed by atoms with Crippen molar-refractivity contribution in [1.82, 2.24) is 0 Å². The molecule has 8 heteroatoms. The first-order valence-corrected chi connectivity index (χ1v) is 16.6. The normalized spacial score (nSPS) is 11.3. The summed E-state index contributed by atoms with van der Waals surface area (Å²) < 4.78 is 36.4. The number of hydrogen-bond acceptors (Lipinski definition) is 7. The fourth-order valence-electron chi connectivity index (χ4n) is 4.54. The van der Waals surface area contributed by atoms with Crippen LogP contribution in [0.2, 0.25) is 0 Å². The summed E-state index contributed by atoms with van der Waals surface area (Å²) in [5, 5.41) is 0.691. The molecule has 0 saturated heterocycles. The highest BCUT2D eigenvalue weighted by molar-refractivity contribution is 7.62. The molecule has 0 amide bonds. The standard InChI is InChI=1S/C33H53O7P/c1-26(2)32(34)37-20-16-12-8-10-14-18-22-39-41(36,31-29(6)24-28(5)25-30(31)7)40-23-19-15-11-9-13-17-21-38-33(35)27(3)4/h24-25H,1,3,8-23H2,2,4-7H3. The Labute approximate surface area is 248 Å². The second-order valence-electron chi connectivity index (χ2n) is 11.0. The number of esters is 2. The van der Waals surface area contributed by atoms with E-state index in [0.717, 1.165) is 93.7 Å². The number of carbonyl (C=O) groups is 2. The Bertz CT molecular complexity index is 957. The molecule has 41 heavy (non-hydrogen) atoms. The van der Waals surface area contributed by atoms with Crippen molar-refractivity contribution in [2.24, 2.45) is 0 Å². The Balaban J connectivity index is 2.41. The minimum atomic E-state index is -3.45. The van der Waals surface area contributed by atoms with Crippen LogP contribution < -0.4 is 5.30 Å². The number of rotatable bonds is 23. The molecule has 0 unspecified atom stereocenters. The average molecular weight is 593 g/mol. The lowest BCUT2D eigenvalue weighted by atomic mass is 10.1. The van der Waals surface area contributed by atoms with Gasteiger partial charge < -0.3 is 18.5 Å². The highest BCUT2D eigenvalue weighted by Gasteiger charge is 2.31. The van der Waals surface area contributed by atoms with Crippen LogP contribution in [0.1, 0.15) is 108 Å². The first-order chi connectivity index (χ1) is 19.5. The predicted molar refractivity (Wildman–Crippen MR) is 167 cm³/mol. The third-order valence-electron chi connectivity index (χ3n) is 6.67. The molecular formula is C33H53O7P. The number of unbranched alkanes of at least 4 members (excludes halogenated alkanes) is 10. The average Bonchev–Trinajstić information content (AvgIpc) is 2.89. The molecule has 0 heterocycles. The van der Waals surface area contributed by atoms with Gasteiger partial charge in [0.25, 0.3) is 0 Å².